The van der Waals surface area contributed by atoms with Crippen LogP contribution in [0.4, 0.5) is 0 Å². The van der Waals surface area contributed by atoms with Gasteiger partial charge in [0.05, 0.1) is 5.69 Å². The molecule has 0 aliphatic carbocycles. The summed E-state index contributed by atoms with van der Waals surface area (Å²) in [6.45, 7) is 5.39. The molecule has 0 amide bonds. The van der Waals surface area contributed by atoms with Crippen LogP contribution >= 0.6 is 0 Å². The number of aryl methyl sites for hydroxylation is 3. The molecule has 0 unspecified atom stereocenters. The van der Waals surface area contributed by atoms with Gasteiger partial charge in [-0.2, -0.15) is 10.1 Å². The maximum atomic E-state index is 5.44. The van der Waals surface area contributed by atoms with Gasteiger partial charge in [-0.3, -0.25) is 4.68 Å². The molecule has 2 heterocycles. The van der Waals surface area contributed by atoms with E-state index in [9.17, 15) is 0 Å². The Kier molecular flexibility index (Phi) is 3.53. The van der Waals surface area contributed by atoms with Gasteiger partial charge in [-0.05, 0) is 32.9 Å². The molecule has 0 aromatic carbocycles. The number of hydrogen-bond donors (Lipinski definition) is 1. The SMILES string of the molecule is CCn1nc(C)cc1-c1nc(CCCN)no1. The summed E-state index contributed by atoms with van der Waals surface area (Å²) < 4.78 is 7.10. The molecule has 0 saturated heterocycles. The van der Waals surface area contributed by atoms with Gasteiger partial charge in [-0.25, -0.2) is 0 Å². The highest BCUT2D eigenvalue weighted by Gasteiger charge is 2.14. The minimum absolute atomic E-state index is 0.527. The number of nitrogens with zero attached hydrogens (tertiary/aromatic N) is 4. The van der Waals surface area contributed by atoms with Crippen molar-refractivity contribution < 1.29 is 4.52 Å². The average Bonchev–Trinajstić information content (AvgIpc) is 2.92. The van der Waals surface area contributed by atoms with Gasteiger partial charge in [0.15, 0.2) is 5.82 Å². The van der Waals surface area contributed by atoms with Crippen LogP contribution in [-0.4, -0.2) is 26.5 Å². The fraction of sp³-hybridized carbons (Fsp3) is 0.545. The van der Waals surface area contributed by atoms with Gasteiger partial charge in [0.2, 0.25) is 0 Å². The van der Waals surface area contributed by atoms with E-state index < -0.39 is 0 Å². The second-order valence-corrected chi connectivity index (χ2v) is 3.89. The van der Waals surface area contributed by atoms with Gasteiger partial charge >= 0.3 is 0 Å². The first kappa shape index (κ1) is 11.8. The predicted molar refractivity (Wildman–Crippen MR) is 63.3 cm³/mol. The van der Waals surface area contributed by atoms with Gasteiger partial charge < -0.3 is 10.3 Å². The van der Waals surface area contributed by atoms with Crippen molar-refractivity contribution in [1.29, 1.82) is 0 Å². The molecular formula is C11H17N5O. The molecular weight excluding hydrogens is 218 g/mol. The lowest BCUT2D eigenvalue weighted by molar-refractivity contribution is 0.417. The summed E-state index contributed by atoms with van der Waals surface area (Å²) in [5.41, 5.74) is 7.26. The van der Waals surface area contributed by atoms with Crippen LogP contribution in [0.2, 0.25) is 0 Å². The quantitative estimate of drug-likeness (QED) is 0.840. The molecule has 0 aliphatic heterocycles. The van der Waals surface area contributed by atoms with Crippen LogP contribution in [0.1, 0.15) is 24.9 Å². The number of nitrogens with two attached hydrogens (primary N) is 1. The Morgan fingerprint density at radius 3 is 3.00 bits per heavy atom. The van der Waals surface area contributed by atoms with E-state index in [2.05, 4.69) is 15.2 Å². The van der Waals surface area contributed by atoms with Crippen molar-refractivity contribution in [2.45, 2.75) is 33.2 Å². The first-order valence-corrected chi connectivity index (χ1v) is 5.82. The third kappa shape index (κ3) is 2.52. The highest BCUT2D eigenvalue weighted by molar-refractivity contribution is 5.47. The molecule has 2 aromatic heterocycles. The standard InChI is InChI=1S/C11H17N5O/c1-3-16-9(7-8(2)14-16)11-13-10(15-17-11)5-4-6-12/h7H,3-6,12H2,1-2H3. The maximum Gasteiger partial charge on any atom is 0.276 e. The van der Waals surface area contributed by atoms with E-state index in [0.717, 1.165) is 30.8 Å². The van der Waals surface area contributed by atoms with Crippen LogP contribution in [0.25, 0.3) is 11.6 Å². The smallest absolute Gasteiger partial charge is 0.276 e. The molecule has 2 aromatic rings. The molecule has 0 spiro atoms. The lowest BCUT2D eigenvalue weighted by atomic mass is 10.3. The zero-order valence-corrected chi connectivity index (χ0v) is 10.2. The number of rotatable bonds is 5. The zero-order valence-electron chi connectivity index (χ0n) is 10.2. The molecule has 0 atom stereocenters. The maximum absolute atomic E-state index is 5.44. The van der Waals surface area contributed by atoms with Crippen LogP contribution in [0.3, 0.4) is 0 Å². The normalized spacial score (nSPS) is 11.0. The van der Waals surface area contributed by atoms with Crippen molar-refractivity contribution in [3.63, 3.8) is 0 Å². The lowest BCUT2D eigenvalue weighted by Gasteiger charge is -1.98. The highest BCUT2D eigenvalue weighted by Crippen LogP contribution is 2.18. The Balaban J connectivity index is 2.23. The third-order valence-corrected chi connectivity index (χ3v) is 2.49. The van der Waals surface area contributed by atoms with Crippen LogP contribution in [0.15, 0.2) is 10.6 Å². The molecule has 0 bridgehead atoms. The van der Waals surface area contributed by atoms with E-state index in [1.807, 2.05) is 24.6 Å². The topological polar surface area (TPSA) is 82.8 Å². The van der Waals surface area contributed by atoms with Crippen molar-refractivity contribution in [2.24, 2.45) is 5.73 Å². The highest BCUT2D eigenvalue weighted by atomic mass is 16.5. The van der Waals surface area contributed by atoms with E-state index in [1.165, 1.54) is 0 Å². The molecule has 6 heteroatoms. The van der Waals surface area contributed by atoms with E-state index in [-0.39, 0.29) is 0 Å². The fourth-order valence-corrected chi connectivity index (χ4v) is 1.68. The third-order valence-electron chi connectivity index (χ3n) is 2.49. The van der Waals surface area contributed by atoms with E-state index in [1.54, 1.807) is 0 Å². The second kappa shape index (κ2) is 5.09. The molecule has 2 N–H and O–H groups in total. The van der Waals surface area contributed by atoms with Crippen molar-refractivity contribution in [3.8, 4) is 11.6 Å². The minimum atomic E-state index is 0.527. The molecule has 6 nitrogen and oxygen atoms in total. The van der Waals surface area contributed by atoms with E-state index >= 15 is 0 Å². The molecule has 17 heavy (non-hydrogen) atoms. The van der Waals surface area contributed by atoms with Crippen LogP contribution in [-0.2, 0) is 13.0 Å². The summed E-state index contributed by atoms with van der Waals surface area (Å²) in [5, 5.41) is 8.28. The van der Waals surface area contributed by atoms with Gasteiger partial charge in [0.25, 0.3) is 5.89 Å². The molecule has 92 valence electrons. The molecule has 0 fully saturated rings. The van der Waals surface area contributed by atoms with Crippen LogP contribution in [0.5, 0.6) is 0 Å². The summed E-state index contributed by atoms with van der Waals surface area (Å²) in [4.78, 5) is 4.35. The summed E-state index contributed by atoms with van der Waals surface area (Å²) in [6, 6.07) is 1.95. The first-order chi connectivity index (χ1) is 8.24. The fourth-order valence-electron chi connectivity index (χ4n) is 1.68. The Morgan fingerprint density at radius 2 is 2.29 bits per heavy atom. The van der Waals surface area contributed by atoms with Crippen LogP contribution < -0.4 is 5.73 Å². The Morgan fingerprint density at radius 1 is 1.47 bits per heavy atom. The van der Waals surface area contributed by atoms with Gasteiger partial charge in [-0.1, -0.05) is 5.16 Å². The average molecular weight is 235 g/mol. The predicted octanol–water partition coefficient (Wildman–Crippen LogP) is 1.15. The van der Waals surface area contributed by atoms with Crippen molar-refractivity contribution in [3.05, 3.63) is 17.6 Å². The molecule has 0 aliphatic rings. The van der Waals surface area contributed by atoms with Crippen molar-refractivity contribution in [2.75, 3.05) is 6.54 Å². The number of hydrogen-bond acceptors (Lipinski definition) is 5. The number of aromatic nitrogens is 4. The molecule has 2 rings (SSSR count). The van der Waals surface area contributed by atoms with Gasteiger partial charge in [-0.15, -0.1) is 0 Å². The van der Waals surface area contributed by atoms with Gasteiger partial charge in [0, 0.05) is 13.0 Å². The molecule has 0 saturated carbocycles. The monoisotopic (exact) mass is 235 g/mol. The summed E-state index contributed by atoms with van der Waals surface area (Å²) in [5.74, 6) is 1.23. The summed E-state index contributed by atoms with van der Waals surface area (Å²) >= 11 is 0. The largest absolute Gasteiger partial charge is 0.332 e. The molecule has 0 radical (unpaired) electrons. The van der Waals surface area contributed by atoms with Crippen molar-refractivity contribution in [1.82, 2.24) is 19.9 Å². The summed E-state index contributed by atoms with van der Waals surface area (Å²) in [6.07, 6.45) is 1.62. The van der Waals surface area contributed by atoms with E-state index in [4.69, 9.17) is 10.3 Å². The second-order valence-electron chi connectivity index (χ2n) is 3.89. The van der Waals surface area contributed by atoms with E-state index in [0.29, 0.717) is 18.3 Å². The Bertz CT molecular complexity index is 488. The van der Waals surface area contributed by atoms with Crippen LogP contribution in [0, 0.1) is 6.92 Å². The zero-order chi connectivity index (χ0) is 12.3. The minimum Gasteiger partial charge on any atom is -0.332 e. The van der Waals surface area contributed by atoms with Gasteiger partial charge in [0.1, 0.15) is 5.69 Å². The Labute approximate surface area is 99.8 Å². The first-order valence-electron chi connectivity index (χ1n) is 5.82. The summed E-state index contributed by atoms with van der Waals surface area (Å²) in [7, 11) is 0. The van der Waals surface area contributed by atoms with Crippen molar-refractivity contribution >= 4 is 0 Å². The lowest BCUT2D eigenvalue weighted by Crippen LogP contribution is -2.01. The Hall–Kier alpha value is -1.69.